The highest BCUT2D eigenvalue weighted by atomic mass is 19.4. The molecule has 31 heavy (non-hydrogen) atoms. The Labute approximate surface area is 179 Å². The molecule has 170 valence electrons. The number of carbonyl (C=O) groups excluding carboxylic acids is 2. The minimum atomic E-state index is -4.42. The monoisotopic (exact) mass is 440 g/mol. The first-order chi connectivity index (χ1) is 14.7. The molecule has 1 aromatic rings. The van der Waals surface area contributed by atoms with Crippen LogP contribution in [0.5, 0.6) is 0 Å². The van der Waals surface area contributed by atoms with E-state index in [-0.39, 0.29) is 23.1 Å². The number of likely N-dealkylation sites (tertiary alicyclic amines) is 1. The average molecular weight is 440 g/mol. The summed E-state index contributed by atoms with van der Waals surface area (Å²) in [6, 6.07) is 3.26. The highest BCUT2D eigenvalue weighted by molar-refractivity contribution is 5.95. The van der Waals surface area contributed by atoms with Crippen molar-refractivity contribution in [2.24, 2.45) is 11.3 Å². The molecule has 3 fully saturated rings. The molecule has 4 rings (SSSR count). The molecule has 3 heterocycles. The zero-order valence-electron chi connectivity index (χ0n) is 17.5. The van der Waals surface area contributed by atoms with Crippen molar-refractivity contribution in [3.05, 3.63) is 29.3 Å². The van der Waals surface area contributed by atoms with Gasteiger partial charge >= 0.3 is 6.18 Å². The second kappa shape index (κ2) is 8.43. The molecule has 0 aromatic heterocycles. The van der Waals surface area contributed by atoms with Crippen LogP contribution in [0, 0.1) is 18.3 Å². The molecule has 1 aromatic carbocycles. The molecular formula is C22H27F3N2O4. The van der Waals surface area contributed by atoms with Crippen LogP contribution >= 0.6 is 0 Å². The molecule has 2 atom stereocenters. The van der Waals surface area contributed by atoms with Crippen molar-refractivity contribution in [3.63, 3.8) is 0 Å². The molecule has 6 nitrogen and oxygen atoms in total. The van der Waals surface area contributed by atoms with Crippen LogP contribution in [0.2, 0.25) is 0 Å². The largest absolute Gasteiger partial charge is 0.416 e. The first-order valence-corrected chi connectivity index (χ1v) is 10.6. The van der Waals surface area contributed by atoms with E-state index >= 15 is 0 Å². The first kappa shape index (κ1) is 22.1. The van der Waals surface area contributed by atoms with Crippen LogP contribution in [0.4, 0.5) is 18.9 Å². The van der Waals surface area contributed by atoms with Gasteiger partial charge in [0.15, 0.2) is 0 Å². The van der Waals surface area contributed by atoms with Gasteiger partial charge in [-0.2, -0.15) is 13.2 Å². The normalized spacial score (nSPS) is 25.7. The Kier molecular flexibility index (Phi) is 6.00. The number of nitrogens with one attached hydrogen (secondary N) is 1. The second-order valence-electron chi connectivity index (χ2n) is 8.91. The Hall–Kier alpha value is -2.13. The van der Waals surface area contributed by atoms with Gasteiger partial charge in [-0.1, -0.05) is 0 Å². The number of hydrogen-bond donors (Lipinski definition) is 1. The minimum Gasteiger partial charge on any atom is -0.381 e. The van der Waals surface area contributed by atoms with Crippen LogP contribution < -0.4 is 5.32 Å². The average Bonchev–Trinajstić information content (AvgIpc) is 3.40. The summed E-state index contributed by atoms with van der Waals surface area (Å²) < 4.78 is 49.6. The van der Waals surface area contributed by atoms with Gasteiger partial charge in [0, 0.05) is 30.8 Å². The number of anilines is 1. The van der Waals surface area contributed by atoms with Crippen molar-refractivity contribution in [3.8, 4) is 0 Å². The molecule has 0 bridgehead atoms. The summed E-state index contributed by atoms with van der Waals surface area (Å²) in [7, 11) is 0. The third-order valence-corrected chi connectivity index (χ3v) is 6.73. The maximum Gasteiger partial charge on any atom is 0.416 e. The predicted octanol–water partition coefficient (Wildman–Crippen LogP) is 3.39. The summed E-state index contributed by atoms with van der Waals surface area (Å²) in [5.41, 5.74) is -0.190. The third kappa shape index (κ3) is 4.72. The lowest BCUT2D eigenvalue weighted by molar-refractivity contribution is -0.138. The number of benzene rings is 1. The van der Waals surface area contributed by atoms with Crippen molar-refractivity contribution in [1.82, 2.24) is 4.90 Å². The lowest BCUT2D eigenvalue weighted by atomic mass is 9.76. The molecule has 1 N–H and O–H groups in total. The van der Waals surface area contributed by atoms with Gasteiger partial charge < -0.3 is 19.7 Å². The van der Waals surface area contributed by atoms with Gasteiger partial charge in [-0.15, -0.1) is 0 Å². The second-order valence-corrected chi connectivity index (χ2v) is 8.91. The smallest absolute Gasteiger partial charge is 0.381 e. The van der Waals surface area contributed by atoms with E-state index in [1.807, 2.05) is 4.90 Å². The van der Waals surface area contributed by atoms with Crippen molar-refractivity contribution in [2.45, 2.75) is 44.9 Å². The SMILES string of the molecule is Cc1cc(C(F)(F)F)ccc1NC(=O)C1CC2(CCN(C(=O)C3CCOC3)CC2)CO1. The number of alkyl halides is 3. The van der Waals surface area contributed by atoms with E-state index in [0.29, 0.717) is 50.6 Å². The number of piperidine rings is 1. The zero-order valence-corrected chi connectivity index (χ0v) is 17.5. The van der Waals surface area contributed by atoms with E-state index in [4.69, 9.17) is 9.47 Å². The van der Waals surface area contributed by atoms with E-state index in [1.54, 1.807) is 0 Å². The Balaban J connectivity index is 1.32. The van der Waals surface area contributed by atoms with Crippen LogP contribution in [-0.2, 0) is 25.2 Å². The maximum absolute atomic E-state index is 12.8. The summed E-state index contributed by atoms with van der Waals surface area (Å²) in [5, 5.41) is 2.71. The number of nitrogens with zero attached hydrogens (tertiary/aromatic N) is 1. The number of carbonyl (C=O) groups is 2. The standard InChI is InChI=1S/C22H27F3N2O4/c1-14-10-16(22(23,24)25)2-3-17(14)26-19(28)18-11-21(13-31-18)5-7-27(8-6-21)20(29)15-4-9-30-12-15/h2-3,10,15,18H,4-9,11-13H2,1H3,(H,26,28). The van der Waals surface area contributed by atoms with Gasteiger partial charge in [-0.3, -0.25) is 9.59 Å². The molecule has 1 spiro atoms. The number of hydrogen-bond acceptors (Lipinski definition) is 4. The quantitative estimate of drug-likeness (QED) is 0.783. The van der Waals surface area contributed by atoms with E-state index in [0.717, 1.165) is 31.4 Å². The van der Waals surface area contributed by atoms with E-state index in [2.05, 4.69) is 5.32 Å². The fourth-order valence-electron chi connectivity index (χ4n) is 4.69. The van der Waals surface area contributed by atoms with Gasteiger partial charge in [0.25, 0.3) is 5.91 Å². The van der Waals surface area contributed by atoms with Crippen LogP contribution in [0.3, 0.4) is 0 Å². The first-order valence-electron chi connectivity index (χ1n) is 10.6. The summed E-state index contributed by atoms with van der Waals surface area (Å²) in [5.74, 6) is -0.237. The van der Waals surface area contributed by atoms with Gasteiger partial charge in [0.1, 0.15) is 6.10 Å². The predicted molar refractivity (Wildman–Crippen MR) is 106 cm³/mol. The lowest BCUT2D eigenvalue weighted by Gasteiger charge is -2.39. The van der Waals surface area contributed by atoms with Crippen LogP contribution in [-0.4, -0.2) is 55.7 Å². The molecule has 3 aliphatic rings. The molecule has 0 radical (unpaired) electrons. The van der Waals surface area contributed by atoms with Crippen LogP contribution in [0.1, 0.15) is 36.8 Å². The topological polar surface area (TPSA) is 67.9 Å². The summed E-state index contributed by atoms with van der Waals surface area (Å²) in [6.07, 6.45) is -2.20. The zero-order chi connectivity index (χ0) is 22.2. The van der Waals surface area contributed by atoms with Gasteiger partial charge in [0.05, 0.1) is 24.7 Å². The van der Waals surface area contributed by atoms with Crippen molar-refractivity contribution < 1.29 is 32.2 Å². The number of rotatable bonds is 3. The number of aryl methyl sites for hydroxylation is 1. The molecule has 9 heteroatoms. The molecular weight excluding hydrogens is 413 g/mol. The lowest BCUT2D eigenvalue weighted by Crippen LogP contribution is -2.46. The Morgan fingerprint density at radius 2 is 1.97 bits per heavy atom. The molecule has 0 saturated carbocycles. The van der Waals surface area contributed by atoms with Crippen molar-refractivity contribution in [1.29, 1.82) is 0 Å². The summed E-state index contributed by atoms with van der Waals surface area (Å²) in [4.78, 5) is 27.2. The fraction of sp³-hybridized carbons (Fsp3) is 0.636. The minimum absolute atomic E-state index is 0.0422. The Morgan fingerprint density at radius 1 is 1.23 bits per heavy atom. The van der Waals surface area contributed by atoms with E-state index < -0.39 is 17.8 Å². The molecule has 3 aliphatic heterocycles. The number of amides is 2. The Bertz CT molecular complexity index is 844. The van der Waals surface area contributed by atoms with Gasteiger partial charge in [-0.05, 0) is 56.4 Å². The van der Waals surface area contributed by atoms with E-state index in [1.165, 1.54) is 13.0 Å². The van der Waals surface area contributed by atoms with Crippen LogP contribution in [0.15, 0.2) is 18.2 Å². The third-order valence-electron chi connectivity index (χ3n) is 6.73. The van der Waals surface area contributed by atoms with E-state index in [9.17, 15) is 22.8 Å². The van der Waals surface area contributed by atoms with Crippen LogP contribution in [0.25, 0.3) is 0 Å². The Morgan fingerprint density at radius 3 is 2.58 bits per heavy atom. The number of ether oxygens (including phenoxy) is 2. The van der Waals surface area contributed by atoms with Gasteiger partial charge in [0.2, 0.25) is 5.91 Å². The number of halogens is 3. The van der Waals surface area contributed by atoms with Crippen molar-refractivity contribution in [2.75, 3.05) is 38.2 Å². The molecule has 2 amide bonds. The molecule has 0 aliphatic carbocycles. The fourth-order valence-corrected chi connectivity index (χ4v) is 4.69. The van der Waals surface area contributed by atoms with Crippen molar-refractivity contribution >= 4 is 17.5 Å². The van der Waals surface area contributed by atoms with Gasteiger partial charge in [-0.25, -0.2) is 0 Å². The summed E-state index contributed by atoms with van der Waals surface area (Å²) >= 11 is 0. The highest BCUT2D eigenvalue weighted by Gasteiger charge is 2.46. The molecule has 3 saturated heterocycles. The maximum atomic E-state index is 12.8. The highest BCUT2D eigenvalue weighted by Crippen LogP contribution is 2.42. The summed E-state index contributed by atoms with van der Waals surface area (Å²) in [6.45, 7) is 4.40. The molecule has 2 unspecified atom stereocenters.